The summed E-state index contributed by atoms with van der Waals surface area (Å²) in [6.07, 6.45) is 0. The number of rotatable bonds is 1. The van der Waals surface area contributed by atoms with Crippen molar-refractivity contribution in [3.63, 3.8) is 0 Å². The largest absolute Gasteiger partial charge is 0.126 e. The number of alkyl halides is 3. The van der Waals surface area contributed by atoms with Crippen LogP contribution in [-0.4, -0.2) is -0.565 Å². The van der Waals surface area contributed by atoms with Crippen molar-refractivity contribution in [3.05, 3.63) is 6.92 Å². The fourth-order valence-electron chi connectivity index (χ4n) is 0. The fourth-order valence-corrected chi connectivity index (χ4v) is 0. The molecule has 0 rings (SSSR count). The lowest BCUT2D eigenvalue weighted by Crippen LogP contribution is -2.08. The summed E-state index contributed by atoms with van der Waals surface area (Å²) in [5.74, 6) is 0.509. The zero-order valence-corrected chi connectivity index (χ0v) is 10.4. The molecule has 0 fully saturated rings. The second-order valence-electron chi connectivity index (χ2n) is 1.44. The molecule has 0 aromatic carbocycles. The van der Waals surface area contributed by atoms with Crippen molar-refractivity contribution >= 4 is 67.8 Å². The van der Waals surface area contributed by atoms with Gasteiger partial charge in [-0.05, 0) is 12.8 Å². The van der Waals surface area contributed by atoms with Crippen LogP contribution in [0.15, 0.2) is 0 Å². The first-order valence-electron chi connectivity index (χ1n) is 1.84. The Morgan fingerprint density at radius 3 is 1.57 bits per heavy atom. The van der Waals surface area contributed by atoms with E-state index in [1.54, 1.807) is 0 Å². The first-order chi connectivity index (χ1) is 2.94. The van der Waals surface area contributed by atoms with Crippen LogP contribution in [0.2, 0.25) is 0 Å². The third kappa shape index (κ3) is 4.68. The van der Waals surface area contributed by atoms with Gasteiger partial charge < -0.3 is 0 Å². The maximum absolute atomic E-state index is 3.89. The molecule has 1 unspecified atom stereocenters. The van der Waals surface area contributed by atoms with Gasteiger partial charge >= 0.3 is 0 Å². The van der Waals surface area contributed by atoms with Gasteiger partial charge in [0, 0.05) is 0 Å². The van der Waals surface area contributed by atoms with E-state index in [0.717, 1.165) is 0 Å². The highest BCUT2D eigenvalue weighted by atomic mass is 127. The number of hydrogen-bond donors (Lipinski definition) is 0. The van der Waals surface area contributed by atoms with Crippen molar-refractivity contribution in [3.8, 4) is 0 Å². The van der Waals surface area contributed by atoms with Crippen molar-refractivity contribution in [2.75, 3.05) is 0 Å². The Morgan fingerprint density at radius 2 is 1.57 bits per heavy atom. The zero-order chi connectivity index (χ0) is 6.08. The van der Waals surface area contributed by atoms with Crippen LogP contribution >= 0.6 is 67.8 Å². The maximum Gasteiger partial charge on any atom is 0.126 e. The molecule has 0 aliphatic carbocycles. The normalized spacial score (nSPS) is 12.9. The minimum atomic E-state index is 0.299. The minimum Gasteiger partial charge on any atom is -0.0597 e. The summed E-state index contributed by atoms with van der Waals surface area (Å²) in [6.45, 7) is 6.00. The Kier molecular flexibility index (Phi) is 4.44. The van der Waals surface area contributed by atoms with Crippen LogP contribution in [0.25, 0.3) is 0 Å². The third-order valence-electron chi connectivity index (χ3n) is 0.559. The SMILES string of the molecule is [CH2]C(C)C(I)(I)I. The standard InChI is InChI=1S/C4H6I3/c1-3(2)4(5,6)7/h3H,1H2,2H3. The van der Waals surface area contributed by atoms with Gasteiger partial charge in [0.15, 0.2) is 0 Å². The molecule has 0 heterocycles. The predicted molar refractivity (Wildman–Crippen MR) is 59.3 cm³/mol. The summed E-state index contributed by atoms with van der Waals surface area (Å²) < 4.78 is 0.299. The fraction of sp³-hybridized carbons (Fsp3) is 0.750. The van der Waals surface area contributed by atoms with E-state index in [2.05, 4.69) is 81.6 Å². The third-order valence-corrected chi connectivity index (χ3v) is 3.75. The molecular formula is C4H6I3. The summed E-state index contributed by atoms with van der Waals surface area (Å²) in [5, 5.41) is 0. The Balaban J connectivity index is 3.54. The Bertz CT molecular complexity index is 52.4. The van der Waals surface area contributed by atoms with Crippen LogP contribution in [0.3, 0.4) is 0 Å². The van der Waals surface area contributed by atoms with E-state index in [9.17, 15) is 0 Å². The second-order valence-corrected chi connectivity index (χ2v) is 12.7. The lowest BCUT2D eigenvalue weighted by Gasteiger charge is -2.15. The minimum absolute atomic E-state index is 0.299. The van der Waals surface area contributed by atoms with Crippen molar-refractivity contribution in [2.24, 2.45) is 5.92 Å². The smallest absolute Gasteiger partial charge is 0.0597 e. The van der Waals surface area contributed by atoms with Crippen LogP contribution in [-0.2, 0) is 0 Å². The summed E-state index contributed by atoms with van der Waals surface area (Å²) in [5.41, 5.74) is 0. The molecule has 0 amide bonds. The lowest BCUT2D eigenvalue weighted by atomic mass is 10.3. The van der Waals surface area contributed by atoms with E-state index in [-0.39, 0.29) is 0 Å². The van der Waals surface area contributed by atoms with Crippen LogP contribution in [0.4, 0.5) is 0 Å². The summed E-state index contributed by atoms with van der Waals surface area (Å²) >= 11 is 7.13. The highest BCUT2D eigenvalue weighted by Gasteiger charge is 2.21. The zero-order valence-electron chi connectivity index (χ0n) is 3.92. The van der Waals surface area contributed by atoms with Crippen molar-refractivity contribution in [1.29, 1.82) is 0 Å². The van der Waals surface area contributed by atoms with Crippen LogP contribution in [0.1, 0.15) is 6.92 Å². The molecule has 0 saturated heterocycles. The molecule has 0 aliphatic heterocycles. The molecular weight excluding hydrogens is 429 g/mol. The van der Waals surface area contributed by atoms with Crippen molar-refractivity contribution in [2.45, 2.75) is 6.36 Å². The molecule has 43 valence electrons. The molecule has 0 nitrogen and oxygen atoms in total. The molecule has 1 atom stereocenters. The summed E-state index contributed by atoms with van der Waals surface area (Å²) in [6, 6.07) is 0. The lowest BCUT2D eigenvalue weighted by molar-refractivity contribution is 0.827. The van der Waals surface area contributed by atoms with Gasteiger partial charge in [-0.1, -0.05) is 74.7 Å². The van der Waals surface area contributed by atoms with Gasteiger partial charge in [-0.2, -0.15) is 0 Å². The molecule has 1 radical (unpaired) electrons. The number of halogens is 3. The average molecular weight is 435 g/mol. The van der Waals surface area contributed by atoms with Crippen LogP contribution in [0.5, 0.6) is 0 Å². The van der Waals surface area contributed by atoms with Gasteiger partial charge in [0.05, 0.1) is 0 Å². The van der Waals surface area contributed by atoms with Gasteiger partial charge in [-0.25, -0.2) is 0 Å². The molecule has 7 heavy (non-hydrogen) atoms. The molecule has 0 spiro atoms. The van der Waals surface area contributed by atoms with Gasteiger partial charge in [-0.3, -0.25) is 0 Å². The molecule has 0 saturated carbocycles. The maximum atomic E-state index is 3.89. The van der Waals surface area contributed by atoms with E-state index in [0.29, 0.717) is 5.35 Å². The van der Waals surface area contributed by atoms with E-state index in [1.807, 2.05) is 0 Å². The highest BCUT2D eigenvalue weighted by Crippen LogP contribution is 2.41. The molecule has 0 N–H and O–H groups in total. The van der Waals surface area contributed by atoms with Gasteiger partial charge in [-0.15, -0.1) is 0 Å². The highest BCUT2D eigenvalue weighted by molar-refractivity contribution is 14.3. The van der Waals surface area contributed by atoms with E-state index in [4.69, 9.17) is 0 Å². The topological polar surface area (TPSA) is 0 Å². The van der Waals surface area contributed by atoms with Gasteiger partial charge in [0.25, 0.3) is 0 Å². The Hall–Kier alpha value is 2.19. The molecule has 0 bridgehead atoms. The van der Waals surface area contributed by atoms with Gasteiger partial charge in [0.2, 0.25) is 0 Å². The molecule has 0 aliphatic rings. The van der Waals surface area contributed by atoms with E-state index < -0.39 is 0 Å². The Morgan fingerprint density at radius 1 is 1.43 bits per heavy atom. The first kappa shape index (κ1) is 9.19. The predicted octanol–water partition coefficient (Wildman–Crippen LogP) is 3.42. The molecule has 3 heteroatoms. The van der Waals surface area contributed by atoms with Gasteiger partial charge in [0.1, 0.15) is -0.565 Å². The van der Waals surface area contributed by atoms with E-state index in [1.165, 1.54) is 0 Å². The van der Waals surface area contributed by atoms with Crippen LogP contribution < -0.4 is 0 Å². The first-order valence-corrected chi connectivity index (χ1v) is 5.08. The van der Waals surface area contributed by atoms with Crippen molar-refractivity contribution in [1.82, 2.24) is 0 Å². The average Bonchev–Trinajstić information content (AvgIpc) is 1.31. The van der Waals surface area contributed by atoms with Crippen molar-refractivity contribution < 1.29 is 0 Å². The monoisotopic (exact) mass is 435 g/mol. The second kappa shape index (κ2) is 3.38. The quantitative estimate of drug-likeness (QED) is 0.438. The Labute approximate surface area is 85.6 Å². The summed E-state index contributed by atoms with van der Waals surface area (Å²) in [7, 11) is 0. The summed E-state index contributed by atoms with van der Waals surface area (Å²) in [4.78, 5) is 0. The molecule has 0 aromatic heterocycles. The molecule has 0 aromatic rings. The number of hydrogen-bond acceptors (Lipinski definition) is 0. The van der Waals surface area contributed by atoms with Crippen LogP contribution in [0, 0.1) is 12.8 Å². The van der Waals surface area contributed by atoms with E-state index >= 15 is 0 Å².